The molecular formula is C14H18INO4. The first kappa shape index (κ1) is 16.7. The fourth-order valence-electron chi connectivity index (χ4n) is 1.84. The van der Waals surface area contributed by atoms with Crippen LogP contribution in [0, 0.1) is 10.5 Å². The molecular weight excluding hydrogens is 373 g/mol. The van der Waals surface area contributed by atoms with E-state index in [1.807, 2.05) is 22.6 Å². The number of rotatable bonds is 5. The monoisotopic (exact) mass is 391 g/mol. The van der Waals surface area contributed by atoms with Gasteiger partial charge in [0.2, 0.25) is 5.91 Å². The molecule has 0 aromatic heterocycles. The largest absolute Gasteiger partial charge is 0.507 e. The molecule has 0 aliphatic heterocycles. The Balaban J connectivity index is 2.94. The number of esters is 1. The molecule has 1 rings (SSSR count). The van der Waals surface area contributed by atoms with Crippen molar-refractivity contribution in [1.29, 1.82) is 0 Å². The molecule has 0 spiro atoms. The molecule has 1 amide bonds. The third kappa shape index (κ3) is 4.66. The molecule has 1 aromatic rings. The van der Waals surface area contributed by atoms with Crippen molar-refractivity contribution in [2.24, 2.45) is 0 Å². The number of carbonyl (C=O) groups is 2. The lowest BCUT2D eigenvalue weighted by atomic mass is 10.0. The van der Waals surface area contributed by atoms with Crippen LogP contribution in [-0.4, -0.2) is 29.6 Å². The van der Waals surface area contributed by atoms with E-state index in [0.29, 0.717) is 9.99 Å². The van der Waals surface area contributed by atoms with Gasteiger partial charge in [0.15, 0.2) is 0 Å². The lowest BCUT2D eigenvalue weighted by Crippen LogP contribution is -2.42. The summed E-state index contributed by atoms with van der Waals surface area (Å²) < 4.78 is 5.67. The molecule has 0 fully saturated rings. The molecule has 110 valence electrons. The van der Waals surface area contributed by atoms with Crippen molar-refractivity contribution in [2.45, 2.75) is 33.2 Å². The highest BCUT2D eigenvalue weighted by molar-refractivity contribution is 14.1. The van der Waals surface area contributed by atoms with Gasteiger partial charge in [0, 0.05) is 13.3 Å². The Hall–Kier alpha value is -1.31. The third-order valence-electron chi connectivity index (χ3n) is 2.70. The van der Waals surface area contributed by atoms with Crippen LogP contribution >= 0.6 is 22.6 Å². The summed E-state index contributed by atoms with van der Waals surface area (Å²) in [6.45, 7) is 5.13. The summed E-state index contributed by atoms with van der Waals surface area (Å²) in [7, 11) is 0. The van der Waals surface area contributed by atoms with Gasteiger partial charge in [-0.3, -0.25) is 4.79 Å². The highest BCUT2D eigenvalue weighted by atomic mass is 127. The second kappa shape index (κ2) is 7.47. The van der Waals surface area contributed by atoms with E-state index in [0.717, 1.165) is 11.1 Å². The van der Waals surface area contributed by atoms with E-state index in [1.54, 1.807) is 26.0 Å². The Bertz CT molecular complexity index is 493. The second-order valence-electron chi connectivity index (χ2n) is 4.45. The fourth-order valence-corrected chi connectivity index (χ4v) is 2.67. The van der Waals surface area contributed by atoms with Crippen molar-refractivity contribution >= 4 is 34.5 Å². The molecule has 0 heterocycles. The summed E-state index contributed by atoms with van der Waals surface area (Å²) in [5, 5.41) is 12.3. The van der Waals surface area contributed by atoms with E-state index in [9.17, 15) is 14.7 Å². The van der Waals surface area contributed by atoms with Gasteiger partial charge in [-0.05, 0) is 53.6 Å². The maximum Gasteiger partial charge on any atom is 0.328 e. The van der Waals surface area contributed by atoms with Crippen LogP contribution in [0.5, 0.6) is 5.75 Å². The van der Waals surface area contributed by atoms with Gasteiger partial charge in [-0.15, -0.1) is 0 Å². The fraction of sp³-hybridized carbons (Fsp3) is 0.429. The van der Waals surface area contributed by atoms with Crippen LogP contribution in [0.1, 0.15) is 25.0 Å². The molecule has 20 heavy (non-hydrogen) atoms. The van der Waals surface area contributed by atoms with E-state index in [1.165, 1.54) is 6.92 Å². The van der Waals surface area contributed by atoms with Crippen molar-refractivity contribution in [3.8, 4) is 5.75 Å². The molecule has 0 bridgehead atoms. The highest BCUT2D eigenvalue weighted by Crippen LogP contribution is 2.25. The van der Waals surface area contributed by atoms with Crippen LogP contribution in [0.2, 0.25) is 0 Å². The summed E-state index contributed by atoms with van der Waals surface area (Å²) in [4.78, 5) is 23.0. The van der Waals surface area contributed by atoms with Crippen molar-refractivity contribution in [2.75, 3.05) is 6.61 Å². The van der Waals surface area contributed by atoms with Gasteiger partial charge in [-0.25, -0.2) is 4.79 Å². The topological polar surface area (TPSA) is 75.6 Å². The van der Waals surface area contributed by atoms with Gasteiger partial charge in [-0.2, -0.15) is 0 Å². The number of ether oxygens (including phenoxy) is 1. The normalized spacial score (nSPS) is 11.8. The first-order valence-corrected chi connectivity index (χ1v) is 7.34. The number of hydrogen-bond acceptors (Lipinski definition) is 4. The number of amides is 1. The van der Waals surface area contributed by atoms with Crippen LogP contribution < -0.4 is 5.32 Å². The minimum Gasteiger partial charge on any atom is -0.507 e. The first-order chi connectivity index (χ1) is 9.35. The zero-order valence-corrected chi connectivity index (χ0v) is 13.9. The summed E-state index contributed by atoms with van der Waals surface area (Å²) in [6.07, 6.45) is 0.329. The number of carbonyl (C=O) groups excluding carboxylic acids is 2. The number of halogens is 1. The standard InChI is InChI=1S/C14H18INO4/c1-4-20-14(19)12(16-9(3)17)7-10-5-8(2)13(18)11(15)6-10/h5-6,12,18H,4,7H2,1-3H3,(H,16,17). The molecule has 0 saturated carbocycles. The molecule has 0 radical (unpaired) electrons. The van der Waals surface area contributed by atoms with E-state index in [4.69, 9.17) is 4.74 Å². The summed E-state index contributed by atoms with van der Waals surface area (Å²) in [5.74, 6) is -0.502. The Labute approximate surface area is 131 Å². The quantitative estimate of drug-likeness (QED) is 0.594. The van der Waals surface area contributed by atoms with E-state index in [2.05, 4.69) is 5.32 Å². The molecule has 0 aliphatic rings. The first-order valence-electron chi connectivity index (χ1n) is 6.26. The van der Waals surface area contributed by atoms with Gasteiger partial charge < -0.3 is 15.2 Å². The molecule has 0 aliphatic carbocycles. The van der Waals surface area contributed by atoms with Crippen LogP contribution in [0.15, 0.2) is 12.1 Å². The van der Waals surface area contributed by atoms with Gasteiger partial charge in [0.05, 0.1) is 10.2 Å². The number of aromatic hydroxyl groups is 1. The van der Waals surface area contributed by atoms with Crippen molar-refractivity contribution < 1.29 is 19.4 Å². The number of nitrogens with one attached hydrogen (secondary N) is 1. The number of aryl methyl sites for hydroxylation is 1. The number of phenolic OH excluding ortho intramolecular Hbond substituents is 1. The lowest BCUT2D eigenvalue weighted by molar-refractivity contribution is -0.147. The zero-order chi connectivity index (χ0) is 15.3. The average Bonchev–Trinajstić information content (AvgIpc) is 2.34. The summed E-state index contributed by atoms with van der Waals surface area (Å²) in [5.41, 5.74) is 1.59. The van der Waals surface area contributed by atoms with E-state index < -0.39 is 12.0 Å². The summed E-state index contributed by atoms with van der Waals surface area (Å²) >= 11 is 2.03. The van der Waals surface area contributed by atoms with E-state index >= 15 is 0 Å². The predicted octanol–water partition coefficient (Wildman–Crippen LogP) is 1.92. The Morgan fingerprint density at radius 3 is 2.60 bits per heavy atom. The molecule has 1 aromatic carbocycles. The predicted molar refractivity (Wildman–Crippen MR) is 83.5 cm³/mol. The molecule has 2 N–H and O–H groups in total. The average molecular weight is 391 g/mol. The van der Waals surface area contributed by atoms with E-state index in [-0.39, 0.29) is 18.3 Å². The number of hydrogen-bond donors (Lipinski definition) is 2. The molecule has 5 nitrogen and oxygen atoms in total. The SMILES string of the molecule is CCOC(=O)C(Cc1cc(C)c(O)c(I)c1)NC(C)=O. The maximum atomic E-state index is 11.8. The summed E-state index contributed by atoms with van der Waals surface area (Å²) in [6, 6.07) is 2.87. The zero-order valence-electron chi connectivity index (χ0n) is 11.7. The smallest absolute Gasteiger partial charge is 0.328 e. The highest BCUT2D eigenvalue weighted by Gasteiger charge is 2.21. The van der Waals surface area contributed by atoms with Gasteiger partial charge in [-0.1, -0.05) is 6.07 Å². The van der Waals surface area contributed by atoms with Crippen LogP contribution in [0.3, 0.4) is 0 Å². The van der Waals surface area contributed by atoms with Gasteiger partial charge >= 0.3 is 5.97 Å². The number of benzene rings is 1. The minimum atomic E-state index is -0.716. The van der Waals surface area contributed by atoms with Crippen molar-refractivity contribution in [3.05, 3.63) is 26.8 Å². The molecule has 1 atom stereocenters. The number of phenols is 1. The molecule has 0 saturated heterocycles. The lowest BCUT2D eigenvalue weighted by Gasteiger charge is -2.17. The Morgan fingerprint density at radius 1 is 1.45 bits per heavy atom. The van der Waals surface area contributed by atoms with Crippen LogP contribution in [-0.2, 0) is 20.7 Å². The van der Waals surface area contributed by atoms with Crippen molar-refractivity contribution in [1.82, 2.24) is 5.32 Å². The van der Waals surface area contributed by atoms with Gasteiger partial charge in [0.25, 0.3) is 0 Å². The maximum absolute atomic E-state index is 11.8. The Kier molecular flexibility index (Phi) is 6.25. The third-order valence-corrected chi connectivity index (χ3v) is 3.52. The Morgan fingerprint density at radius 2 is 2.10 bits per heavy atom. The molecule has 6 heteroatoms. The minimum absolute atomic E-state index is 0.238. The molecule has 1 unspecified atom stereocenters. The van der Waals surface area contributed by atoms with Gasteiger partial charge in [0.1, 0.15) is 11.8 Å². The van der Waals surface area contributed by atoms with Crippen molar-refractivity contribution in [3.63, 3.8) is 0 Å². The van der Waals surface area contributed by atoms with Crippen LogP contribution in [0.4, 0.5) is 0 Å². The second-order valence-corrected chi connectivity index (χ2v) is 5.61. The van der Waals surface area contributed by atoms with Crippen LogP contribution in [0.25, 0.3) is 0 Å².